The molecule has 0 spiro atoms. The molecule has 2 rings (SSSR count). The number of ether oxygens (including phenoxy) is 1. The van der Waals surface area contributed by atoms with Gasteiger partial charge in [0.25, 0.3) is 0 Å². The van der Waals surface area contributed by atoms with Gasteiger partial charge in [-0.25, -0.2) is 9.78 Å². The Balaban J connectivity index is 2.41. The molecule has 4 nitrogen and oxygen atoms in total. The zero-order chi connectivity index (χ0) is 13.0. The maximum absolute atomic E-state index is 13.4. The lowest BCUT2D eigenvalue weighted by Crippen LogP contribution is -2.06. The number of carbonyl (C=O) groups is 1. The second-order valence-corrected chi connectivity index (χ2v) is 3.53. The maximum atomic E-state index is 13.4. The fraction of sp³-hybridized carbons (Fsp3) is 0.154. The Morgan fingerprint density at radius 3 is 2.94 bits per heavy atom. The average Bonchev–Trinajstić information content (AvgIpc) is 2.39. The summed E-state index contributed by atoms with van der Waals surface area (Å²) in [6, 6.07) is 5.99. The molecule has 0 aliphatic carbocycles. The molecule has 2 heterocycles. The number of rotatable bonds is 3. The molecule has 0 bridgehead atoms. The molecule has 0 aliphatic rings. The van der Waals surface area contributed by atoms with Crippen LogP contribution in [-0.2, 0) is 4.74 Å². The highest BCUT2D eigenvalue weighted by atomic mass is 19.1. The van der Waals surface area contributed by atoms with Crippen LogP contribution < -0.4 is 0 Å². The summed E-state index contributed by atoms with van der Waals surface area (Å²) in [6.45, 7) is 1.93. The molecule has 92 valence electrons. The van der Waals surface area contributed by atoms with E-state index in [-0.39, 0.29) is 12.2 Å². The normalized spacial score (nSPS) is 10.1. The first-order valence-electron chi connectivity index (χ1n) is 5.46. The average molecular weight is 246 g/mol. The lowest BCUT2D eigenvalue weighted by molar-refractivity contribution is 0.0525. The van der Waals surface area contributed by atoms with Crippen molar-refractivity contribution < 1.29 is 13.9 Å². The van der Waals surface area contributed by atoms with Crippen molar-refractivity contribution in [2.45, 2.75) is 6.92 Å². The van der Waals surface area contributed by atoms with Crippen LogP contribution in [0.15, 0.2) is 36.7 Å². The first kappa shape index (κ1) is 12.2. The van der Waals surface area contributed by atoms with Gasteiger partial charge < -0.3 is 4.74 Å². The molecule has 0 fully saturated rings. The molecule has 0 unspecified atom stereocenters. The molecule has 2 aromatic heterocycles. The third-order valence-electron chi connectivity index (χ3n) is 2.26. The van der Waals surface area contributed by atoms with Crippen LogP contribution in [0.25, 0.3) is 11.3 Å². The quantitative estimate of drug-likeness (QED) is 0.616. The molecule has 0 aromatic carbocycles. The van der Waals surface area contributed by atoms with E-state index in [9.17, 15) is 9.18 Å². The number of nitrogens with zero attached hydrogens (tertiary/aromatic N) is 2. The molecule has 2 aromatic rings. The first-order valence-corrected chi connectivity index (χ1v) is 5.46. The van der Waals surface area contributed by atoms with Crippen molar-refractivity contribution in [3.8, 4) is 11.3 Å². The van der Waals surface area contributed by atoms with Gasteiger partial charge in [0.05, 0.1) is 17.9 Å². The zero-order valence-corrected chi connectivity index (χ0v) is 9.76. The number of esters is 1. The molecule has 0 N–H and O–H groups in total. The summed E-state index contributed by atoms with van der Waals surface area (Å²) in [6.07, 6.45) is 3.16. The van der Waals surface area contributed by atoms with E-state index in [0.717, 1.165) is 6.07 Å². The zero-order valence-electron chi connectivity index (χ0n) is 9.76. The van der Waals surface area contributed by atoms with Crippen LogP contribution in [0, 0.1) is 5.95 Å². The van der Waals surface area contributed by atoms with Crippen LogP contribution in [-0.4, -0.2) is 22.5 Å². The molecule has 5 heteroatoms. The summed E-state index contributed by atoms with van der Waals surface area (Å²) in [7, 11) is 0. The van der Waals surface area contributed by atoms with Crippen LogP contribution >= 0.6 is 0 Å². The van der Waals surface area contributed by atoms with E-state index < -0.39 is 11.9 Å². The van der Waals surface area contributed by atoms with E-state index in [0.29, 0.717) is 11.3 Å². The lowest BCUT2D eigenvalue weighted by atomic mass is 10.1. The molecular formula is C13H11FN2O2. The monoisotopic (exact) mass is 246 g/mol. The number of aromatic nitrogens is 2. The van der Waals surface area contributed by atoms with Gasteiger partial charge in [-0.2, -0.15) is 4.39 Å². The van der Waals surface area contributed by atoms with E-state index in [2.05, 4.69) is 9.97 Å². The summed E-state index contributed by atoms with van der Waals surface area (Å²) in [5.41, 5.74) is 1.14. The van der Waals surface area contributed by atoms with Crippen molar-refractivity contribution >= 4 is 5.97 Å². The molecule has 0 radical (unpaired) electrons. The van der Waals surface area contributed by atoms with Crippen molar-refractivity contribution in [3.05, 3.63) is 48.2 Å². The third-order valence-corrected chi connectivity index (χ3v) is 2.26. The fourth-order valence-corrected chi connectivity index (χ4v) is 1.49. The second kappa shape index (κ2) is 5.35. The summed E-state index contributed by atoms with van der Waals surface area (Å²) in [5, 5.41) is 0. The van der Waals surface area contributed by atoms with Crippen LogP contribution in [0.3, 0.4) is 0 Å². The van der Waals surface area contributed by atoms with Gasteiger partial charge in [0.15, 0.2) is 0 Å². The number of pyridine rings is 2. The third kappa shape index (κ3) is 2.68. The Morgan fingerprint density at radius 1 is 1.44 bits per heavy atom. The first-order chi connectivity index (χ1) is 8.70. The molecule has 0 aliphatic heterocycles. The summed E-state index contributed by atoms with van der Waals surface area (Å²) < 4.78 is 18.2. The Bertz CT molecular complexity index is 558. The van der Waals surface area contributed by atoms with Gasteiger partial charge in [-0.1, -0.05) is 0 Å². The van der Waals surface area contributed by atoms with E-state index in [1.165, 1.54) is 6.07 Å². The Morgan fingerprint density at radius 2 is 2.28 bits per heavy atom. The van der Waals surface area contributed by atoms with Crippen molar-refractivity contribution in [1.82, 2.24) is 9.97 Å². The Hall–Kier alpha value is -2.30. The highest BCUT2D eigenvalue weighted by Gasteiger charge is 2.11. The van der Waals surface area contributed by atoms with Crippen molar-refractivity contribution in [1.29, 1.82) is 0 Å². The SMILES string of the molecule is CCOC(=O)c1cc(F)nc(-c2cccnc2)c1. The van der Waals surface area contributed by atoms with Crippen LogP contribution in [0.4, 0.5) is 4.39 Å². The van der Waals surface area contributed by atoms with Gasteiger partial charge >= 0.3 is 5.97 Å². The fourth-order valence-electron chi connectivity index (χ4n) is 1.49. The van der Waals surface area contributed by atoms with Gasteiger partial charge in [-0.3, -0.25) is 4.98 Å². The van der Waals surface area contributed by atoms with Gasteiger partial charge in [0, 0.05) is 24.0 Å². The van der Waals surface area contributed by atoms with Crippen LogP contribution in [0.5, 0.6) is 0 Å². The van der Waals surface area contributed by atoms with Crippen LogP contribution in [0.2, 0.25) is 0 Å². The van der Waals surface area contributed by atoms with Crippen molar-refractivity contribution in [2.75, 3.05) is 6.61 Å². The van der Waals surface area contributed by atoms with E-state index in [1.54, 1.807) is 31.5 Å². The highest BCUT2D eigenvalue weighted by Crippen LogP contribution is 2.18. The highest BCUT2D eigenvalue weighted by molar-refractivity contribution is 5.90. The molecular weight excluding hydrogens is 235 g/mol. The van der Waals surface area contributed by atoms with Gasteiger partial charge in [0.2, 0.25) is 5.95 Å². The molecule has 0 amide bonds. The molecule has 0 saturated heterocycles. The van der Waals surface area contributed by atoms with Gasteiger partial charge in [-0.05, 0) is 25.1 Å². The summed E-state index contributed by atoms with van der Waals surface area (Å²) in [5.74, 6) is -1.29. The lowest BCUT2D eigenvalue weighted by Gasteiger charge is -2.05. The Kier molecular flexibility index (Phi) is 3.62. The van der Waals surface area contributed by atoms with E-state index in [1.807, 2.05) is 0 Å². The smallest absolute Gasteiger partial charge is 0.338 e. The minimum atomic E-state index is -0.723. The van der Waals surface area contributed by atoms with Crippen molar-refractivity contribution in [3.63, 3.8) is 0 Å². The molecule has 18 heavy (non-hydrogen) atoms. The number of halogens is 1. The largest absolute Gasteiger partial charge is 0.462 e. The van der Waals surface area contributed by atoms with Crippen molar-refractivity contribution in [2.24, 2.45) is 0 Å². The number of hydrogen-bond acceptors (Lipinski definition) is 4. The predicted octanol–water partition coefficient (Wildman–Crippen LogP) is 2.46. The van der Waals surface area contributed by atoms with Gasteiger partial charge in [-0.15, -0.1) is 0 Å². The summed E-state index contributed by atoms with van der Waals surface area (Å²) >= 11 is 0. The number of hydrogen-bond donors (Lipinski definition) is 0. The van der Waals surface area contributed by atoms with Crippen LogP contribution in [0.1, 0.15) is 17.3 Å². The van der Waals surface area contributed by atoms with E-state index >= 15 is 0 Å². The Labute approximate surface area is 103 Å². The van der Waals surface area contributed by atoms with E-state index in [4.69, 9.17) is 4.74 Å². The van der Waals surface area contributed by atoms with Gasteiger partial charge in [0.1, 0.15) is 0 Å². The molecule has 0 atom stereocenters. The maximum Gasteiger partial charge on any atom is 0.338 e. The summed E-state index contributed by atoms with van der Waals surface area (Å²) in [4.78, 5) is 19.2. The topological polar surface area (TPSA) is 52.1 Å². The minimum absolute atomic E-state index is 0.142. The second-order valence-electron chi connectivity index (χ2n) is 3.53. The minimum Gasteiger partial charge on any atom is -0.462 e. The predicted molar refractivity (Wildman–Crippen MR) is 63.4 cm³/mol. The standard InChI is InChI=1S/C13H11FN2O2/c1-2-18-13(17)10-6-11(16-12(14)7-10)9-4-3-5-15-8-9/h3-8H,2H2,1H3. The number of carbonyl (C=O) groups excluding carboxylic acids is 1. The molecule has 0 saturated carbocycles.